The van der Waals surface area contributed by atoms with Crippen LogP contribution >= 0.6 is 0 Å². The second-order valence-electron chi connectivity index (χ2n) is 8.41. The van der Waals surface area contributed by atoms with E-state index in [4.69, 9.17) is 15.6 Å². The predicted molar refractivity (Wildman–Crippen MR) is 138 cm³/mol. The van der Waals surface area contributed by atoms with E-state index in [1.807, 2.05) is 0 Å². The van der Waals surface area contributed by atoms with Gasteiger partial charge in [-0.05, 0) is 36.4 Å². The summed E-state index contributed by atoms with van der Waals surface area (Å²) in [6.07, 6.45) is 4.67. The summed E-state index contributed by atoms with van der Waals surface area (Å²) in [5.74, 6) is 1.89. The van der Waals surface area contributed by atoms with Crippen molar-refractivity contribution in [2.75, 3.05) is 39.5 Å². The van der Waals surface area contributed by atoms with Crippen LogP contribution in [0.4, 0.5) is 14.9 Å². The topological polar surface area (TPSA) is 121 Å². The van der Waals surface area contributed by atoms with Crippen molar-refractivity contribution in [3.05, 3.63) is 69.3 Å². The van der Waals surface area contributed by atoms with Crippen LogP contribution in [-0.4, -0.2) is 59.0 Å². The fourth-order valence-electron chi connectivity index (χ4n) is 3.56. The maximum atomic E-state index is 15.2. The first-order valence-electron chi connectivity index (χ1n) is 11.0. The van der Waals surface area contributed by atoms with Gasteiger partial charge in [-0.15, -0.1) is 6.42 Å². The van der Waals surface area contributed by atoms with Crippen molar-refractivity contribution in [1.29, 1.82) is 0 Å². The van der Waals surface area contributed by atoms with Crippen molar-refractivity contribution in [3.63, 3.8) is 0 Å². The van der Waals surface area contributed by atoms with Crippen molar-refractivity contribution in [1.82, 2.24) is 14.5 Å². The number of ether oxygens (including phenoxy) is 1. The highest BCUT2D eigenvalue weighted by molar-refractivity contribution is 7.90. The van der Waals surface area contributed by atoms with Crippen LogP contribution in [0.15, 0.2) is 45.6 Å². The number of hydrogen-bond acceptors (Lipinski definition) is 7. The Balaban J connectivity index is 2.12. The maximum absolute atomic E-state index is 15.2. The van der Waals surface area contributed by atoms with Crippen LogP contribution in [0.3, 0.4) is 0 Å². The summed E-state index contributed by atoms with van der Waals surface area (Å²) in [5, 5.41) is 0.551. The largest absolute Gasteiger partial charge is 0.422 e. The van der Waals surface area contributed by atoms with Gasteiger partial charge in [0, 0.05) is 51.1 Å². The van der Waals surface area contributed by atoms with Gasteiger partial charge in [0.1, 0.15) is 11.3 Å². The molecule has 0 fully saturated rings. The minimum Gasteiger partial charge on any atom is -0.422 e. The summed E-state index contributed by atoms with van der Waals surface area (Å²) in [6, 6.07) is 8.84. The zero-order valence-corrected chi connectivity index (χ0v) is 21.6. The van der Waals surface area contributed by atoms with Gasteiger partial charge in [0.25, 0.3) is 10.2 Å². The number of nitrogens with zero attached hydrogens (tertiary/aromatic N) is 2. The van der Waals surface area contributed by atoms with E-state index in [-0.39, 0.29) is 47.7 Å². The van der Waals surface area contributed by atoms with Gasteiger partial charge < -0.3 is 14.1 Å². The second-order valence-corrected chi connectivity index (χ2v) is 10.0. The number of carbonyl (C=O) groups is 1. The smallest absolute Gasteiger partial charge is 0.414 e. The van der Waals surface area contributed by atoms with Crippen LogP contribution in [0.5, 0.6) is 5.75 Å². The molecule has 0 radical (unpaired) electrons. The van der Waals surface area contributed by atoms with Gasteiger partial charge in [0.05, 0.1) is 12.2 Å². The molecule has 12 heteroatoms. The molecule has 0 aliphatic heterocycles. The number of benzene rings is 2. The molecule has 0 atom stereocenters. The molecule has 0 saturated heterocycles. The van der Waals surface area contributed by atoms with Crippen molar-refractivity contribution in [2.45, 2.75) is 13.0 Å². The molecule has 10 nitrogen and oxygen atoms in total. The van der Waals surface area contributed by atoms with Gasteiger partial charge in [0.2, 0.25) is 0 Å². The van der Waals surface area contributed by atoms with Gasteiger partial charge >= 0.3 is 11.7 Å². The number of carbonyl (C=O) groups excluding carboxylic acids is 1. The number of terminal acetylenes is 1. The third-order valence-corrected chi connectivity index (χ3v) is 6.44. The van der Waals surface area contributed by atoms with E-state index < -0.39 is 27.7 Å². The maximum Gasteiger partial charge on any atom is 0.414 e. The molecule has 0 saturated carbocycles. The monoisotopic (exact) mass is 530 g/mol. The van der Waals surface area contributed by atoms with Crippen LogP contribution in [-0.2, 0) is 23.2 Å². The Bertz CT molecular complexity index is 1530. The molecule has 1 amide bonds. The van der Waals surface area contributed by atoms with E-state index in [1.165, 1.54) is 50.3 Å². The Morgan fingerprint density at radius 2 is 1.92 bits per heavy atom. The quantitative estimate of drug-likeness (QED) is 0.322. The number of amides is 1. The predicted octanol–water partition coefficient (Wildman–Crippen LogP) is 2.52. The normalized spacial score (nSPS) is 11.4. The summed E-state index contributed by atoms with van der Waals surface area (Å²) in [5.41, 5.74) is 0.0129. The molecule has 0 bridgehead atoms. The lowest BCUT2D eigenvalue weighted by Crippen LogP contribution is -2.27. The second kappa shape index (κ2) is 11.4. The van der Waals surface area contributed by atoms with Crippen LogP contribution in [0.25, 0.3) is 11.0 Å². The Labute approximate surface area is 214 Å². The molecule has 2 aromatic carbocycles. The molecular weight excluding hydrogens is 503 g/mol. The third kappa shape index (κ3) is 6.65. The van der Waals surface area contributed by atoms with Gasteiger partial charge in [-0.1, -0.05) is 18.1 Å². The van der Waals surface area contributed by atoms with Crippen molar-refractivity contribution < 1.29 is 26.8 Å². The lowest BCUT2D eigenvalue weighted by atomic mass is 9.97. The fraction of sp³-hybridized carbons (Fsp3) is 0.280. The summed E-state index contributed by atoms with van der Waals surface area (Å²) in [7, 11) is 2.07. The average Bonchev–Trinajstić information content (AvgIpc) is 2.83. The Morgan fingerprint density at radius 1 is 1.19 bits per heavy atom. The van der Waals surface area contributed by atoms with Crippen LogP contribution in [0.1, 0.15) is 16.7 Å². The highest BCUT2D eigenvalue weighted by Gasteiger charge is 2.21. The standard InChI is InChI=1S/C25H27FN4O6S/c1-6-12-30(5)15-20-18-11-10-17(35-25(32)29(3)4)14-22(18)36-24(31)19(20)13-16-8-7-9-21(23(16)26)28-37(33,34)27-2/h1,7-11,14,27-28H,12-13,15H2,2-5H3. The van der Waals surface area contributed by atoms with Gasteiger partial charge in [-0.2, -0.15) is 8.42 Å². The average molecular weight is 531 g/mol. The molecular formula is C25H27FN4O6S. The Morgan fingerprint density at radius 3 is 2.57 bits per heavy atom. The SMILES string of the molecule is C#CCN(C)Cc1c(Cc2cccc(NS(=O)(=O)NC)c2F)c(=O)oc2cc(OC(=O)N(C)C)ccc12. The third-order valence-electron chi connectivity index (χ3n) is 5.41. The highest BCUT2D eigenvalue weighted by atomic mass is 32.2. The minimum absolute atomic E-state index is 0.0836. The molecule has 0 aliphatic rings. The fourth-order valence-corrected chi connectivity index (χ4v) is 4.11. The Kier molecular flexibility index (Phi) is 8.54. The molecule has 196 valence electrons. The van der Waals surface area contributed by atoms with E-state index >= 15 is 4.39 Å². The van der Waals surface area contributed by atoms with Crippen LogP contribution in [0, 0.1) is 18.2 Å². The Hall–Kier alpha value is -3.92. The lowest BCUT2D eigenvalue weighted by molar-refractivity contribution is 0.172. The number of fused-ring (bicyclic) bond motifs is 1. The molecule has 1 aromatic heterocycles. The van der Waals surface area contributed by atoms with Crippen LogP contribution < -0.4 is 19.8 Å². The molecule has 0 aliphatic carbocycles. The lowest BCUT2D eigenvalue weighted by Gasteiger charge is -2.19. The minimum atomic E-state index is -3.95. The molecule has 3 aromatic rings. The molecule has 1 heterocycles. The van der Waals surface area contributed by atoms with Gasteiger partial charge in [0.15, 0.2) is 5.82 Å². The van der Waals surface area contributed by atoms with E-state index in [2.05, 4.69) is 15.4 Å². The summed E-state index contributed by atoms with van der Waals surface area (Å²) in [4.78, 5) is 28.1. The number of hydrogen-bond donors (Lipinski definition) is 2. The molecule has 0 unspecified atom stereocenters. The first-order chi connectivity index (χ1) is 17.5. The first-order valence-corrected chi connectivity index (χ1v) is 12.5. The molecule has 2 N–H and O–H groups in total. The number of halogens is 1. The zero-order chi connectivity index (χ0) is 27.3. The van der Waals surface area contributed by atoms with Crippen molar-refractivity contribution in [2.24, 2.45) is 0 Å². The van der Waals surface area contributed by atoms with Crippen LogP contribution in [0.2, 0.25) is 0 Å². The molecule has 0 spiro atoms. The zero-order valence-electron chi connectivity index (χ0n) is 20.8. The highest BCUT2D eigenvalue weighted by Crippen LogP contribution is 2.28. The van der Waals surface area contributed by atoms with E-state index in [0.29, 0.717) is 10.9 Å². The van der Waals surface area contributed by atoms with Crippen molar-refractivity contribution >= 4 is 33.0 Å². The number of nitrogens with one attached hydrogen (secondary N) is 2. The van der Waals surface area contributed by atoms with E-state index in [1.54, 1.807) is 24.1 Å². The number of rotatable bonds is 9. The molecule has 37 heavy (non-hydrogen) atoms. The van der Waals surface area contributed by atoms with E-state index in [9.17, 15) is 18.0 Å². The first kappa shape index (κ1) is 27.7. The van der Waals surface area contributed by atoms with Gasteiger partial charge in [-0.25, -0.2) is 18.7 Å². The number of anilines is 1. The summed E-state index contributed by atoms with van der Waals surface area (Å²) >= 11 is 0. The summed E-state index contributed by atoms with van der Waals surface area (Å²) in [6.45, 7) is 0.529. The van der Waals surface area contributed by atoms with Gasteiger partial charge in [-0.3, -0.25) is 9.62 Å². The summed E-state index contributed by atoms with van der Waals surface area (Å²) < 4.78 is 53.9. The van der Waals surface area contributed by atoms with Crippen molar-refractivity contribution in [3.8, 4) is 18.1 Å². The molecule has 3 rings (SSSR count). The van der Waals surface area contributed by atoms with E-state index in [0.717, 1.165) is 0 Å².